The summed E-state index contributed by atoms with van der Waals surface area (Å²) >= 11 is 0. The highest BCUT2D eigenvalue weighted by Crippen LogP contribution is 2.55. The molecule has 4 rings (SSSR count). The quantitative estimate of drug-likeness (QED) is 0.923. The Balaban J connectivity index is 1.44. The molecule has 2 aromatic rings. The standard InChI is InChI=1S/C17H18N2O/c1-2-5-12(6-3-1)11-20-16-8-4-7-15(19-16)17-13-9-18-10-14(13)17/h1-8,13-14,17-18H,9-11H2/t13-,14+,17?. The molecule has 2 aliphatic rings. The molecule has 1 saturated heterocycles. The Kier molecular flexibility index (Phi) is 2.92. The van der Waals surface area contributed by atoms with Gasteiger partial charge in [-0.1, -0.05) is 36.4 Å². The molecule has 1 aromatic heterocycles. The van der Waals surface area contributed by atoms with Crippen LogP contribution in [0.4, 0.5) is 0 Å². The lowest BCUT2D eigenvalue weighted by atomic mass is 10.2. The highest BCUT2D eigenvalue weighted by Gasteiger charge is 2.54. The zero-order valence-corrected chi connectivity index (χ0v) is 11.3. The van der Waals surface area contributed by atoms with Crippen molar-refractivity contribution in [2.75, 3.05) is 13.1 Å². The fourth-order valence-electron chi connectivity index (χ4n) is 3.29. The van der Waals surface area contributed by atoms with Crippen molar-refractivity contribution in [2.24, 2.45) is 11.8 Å². The van der Waals surface area contributed by atoms with Gasteiger partial charge in [-0.25, -0.2) is 4.98 Å². The molecule has 20 heavy (non-hydrogen) atoms. The lowest BCUT2D eigenvalue weighted by molar-refractivity contribution is 0.293. The average Bonchev–Trinajstić information content (AvgIpc) is 2.99. The van der Waals surface area contributed by atoms with Crippen LogP contribution in [0.25, 0.3) is 0 Å². The Hall–Kier alpha value is -1.87. The summed E-state index contributed by atoms with van der Waals surface area (Å²) < 4.78 is 5.81. The summed E-state index contributed by atoms with van der Waals surface area (Å²) in [5.41, 5.74) is 2.37. The molecule has 0 radical (unpaired) electrons. The first-order chi connectivity index (χ1) is 9.92. The second-order valence-corrected chi connectivity index (χ2v) is 5.69. The molecule has 3 heteroatoms. The predicted molar refractivity (Wildman–Crippen MR) is 77.6 cm³/mol. The molecule has 2 fully saturated rings. The number of pyridine rings is 1. The largest absolute Gasteiger partial charge is 0.473 e. The lowest BCUT2D eigenvalue weighted by Gasteiger charge is -2.08. The molecule has 3 atom stereocenters. The van der Waals surface area contributed by atoms with Gasteiger partial charge in [-0.15, -0.1) is 0 Å². The van der Waals surface area contributed by atoms with Crippen molar-refractivity contribution in [2.45, 2.75) is 12.5 Å². The van der Waals surface area contributed by atoms with Crippen molar-refractivity contribution >= 4 is 0 Å². The van der Waals surface area contributed by atoms with Gasteiger partial charge in [-0.05, 0) is 36.6 Å². The fraction of sp³-hybridized carbons (Fsp3) is 0.353. The number of rotatable bonds is 4. The molecule has 1 N–H and O–H groups in total. The Morgan fingerprint density at radius 3 is 2.60 bits per heavy atom. The van der Waals surface area contributed by atoms with Crippen LogP contribution in [0, 0.1) is 11.8 Å². The van der Waals surface area contributed by atoms with Gasteiger partial charge in [0.2, 0.25) is 5.88 Å². The van der Waals surface area contributed by atoms with E-state index in [1.165, 1.54) is 11.3 Å². The molecular formula is C17H18N2O. The van der Waals surface area contributed by atoms with Crippen LogP contribution in [0.1, 0.15) is 17.2 Å². The highest BCUT2D eigenvalue weighted by atomic mass is 16.5. The van der Waals surface area contributed by atoms with Crippen molar-refractivity contribution in [3.8, 4) is 5.88 Å². The predicted octanol–water partition coefficient (Wildman–Crippen LogP) is 2.59. The topological polar surface area (TPSA) is 34.1 Å². The van der Waals surface area contributed by atoms with Crippen LogP contribution < -0.4 is 10.1 Å². The van der Waals surface area contributed by atoms with E-state index in [1.807, 2.05) is 24.3 Å². The van der Waals surface area contributed by atoms with E-state index in [2.05, 4.69) is 34.6 Å². The van der Waals surface area contributed by atoms with E-state index in [9.17, 15) is 0 Å². The maximum absolute atomic E-state index is 5.81. The third-order valence-corrected chi connectivity index (χ3v) is 4.41. The van der Waals surface area contributed by atoms with Crippen molar-refractivity contribution in [1.29, 1.82) is 0 Å². The van der Waals surface area contributed by atoms with Crippen molar-refractivity contribution in [3.63, 3.8) is 0 Å². The molecule has 1 aliphatic heterocycles. The molecule has 1 saturated carbocycles. The normalized spacial score (nSPS) is 27.1. The number of piperidine rings is 1. The van der Waals surface area contributed by atoms with E-state index >= 15 is 0 Å². The second kappa shape index (κ2) is 4.91. The van der Waals surface area contributed by atoms with Crippen LogP contribution in [0.2, 0.25) is 0 Å². The van der Waals surface area contributed by atoms with Crippen LogP contribution in [0.5, 0.6) is 5.88 Å². The van der Waals surface area contributed by atoms with Gasteiger partial charge in [0.1, 0.15) is 6.61 Å². The van der Waals surface area contributed by atoms with E-state index in [4.69, 9.17) is 4.74 Å². The van der Waals surface area contributed by atoms with Gasteiger partial charge in [-0.2, -0.15) is 0 Å². The maximum atomic E-state index is 5.81. The fourth-order valence-corrected chi connectivity index (χ4v) is 3.29. The summed E-state index contributed by atoms with van der Waals surface area (Å²) in [6.07, 6.45) is 0. The first kappa shape index (κ1) is 11.9. The maximum Gasteiger partial charge on any atom is 0.213 e. The minimum Gasteiger partial charge on any atom is -0.473 e. The van der Waals surface area contributed by atoms with E-state index in [1.54, 1.807) is 0 Å². The molecule has 0 spiro atoms. The number of ether oxygens (including phenoxy) is 1. The summed E-state index contributed by atoms with van der Waals surface area (Å²) in [5, 5.41) is 3.42. The van der Waals surface area contributed by atoms with Crippen LogP contribution in [0.15, 0.2) is 48.5 Å². The second-order valence-electron chi connectivity index (χ2n) is 5.69. The molecule has 3 nitrogen and oxygen atoms in total. The number of aromatic nitrogens is 1. The molecule has 1 aromatic carbocycles. The van der Waals surface area contributed by atoms with E-state index in [0.717, 1.165) is 30.8 Å². The summed E-state index contributed by atoms with van der Waals surface area (Å²) in [4.78, 5) is 4.68. The number of hydrogen-bond acceptors (Lipinski definition) is 3. The molecule has 0 bridgehead atoms. The highest BCUT2D eigenvalue weighted by molar-refractivity contribution is 5.28. The third kappa shape index (κ3) is 2.18. The summed E-state index contributed by atoms with van der Waals surface area (Å²) in [7, 11) is 0. The van der Waals surface area contributed by atoms with Gasteiger partial charge in [0.25, 0.3) is 0 Å². The van der Waals surface area contributed by atoms with Gasteiger partial charge in [0.15, 0.2) is 0 Å². The molecule has 0 amide bonds. The Labute approximate surface area is 119 Å². The van der Waals surface area contributed by atoms with Crippen molar-refractivity contribution < 1.29 is 4.74 Å². The van der Waals surface area contributed by atoms with Crippen molar-refractivity contribution in [3.05, 3.63) is 59.8 Å². The van der Waals surface area contributed by atoms with Gasteiger partial charge < -0.3 is 10.1 Å². The van der Waals surface area contributed by atoms with Gasteiger partial charge in [0, 0.05) is 17.7 Å². The zero-order valence-electron chi connectivity index (χ0n) is 11.3. The van der Waals surface area contributed by atoms with Crippen LogP contribution >= 0.6 is 0 Å². The number of hydrogen-bond donors (Lipinski definition) is 1. The van der Waals surface area contributed by atoms with Gasteiger partial charge >= 0.3 is 0 Å². The number of nitrogens with one attached hydrogen (secondary N) is 1. The summed E-state index contributed by atoms with van der Waals surface area (Å²) in [6.45, 7) is 2.87. The molecular weight excluding hydrogens is 248 g/mol. The smallest absolute Gasteiger partial charge is 0.213 e. The Morgan fingerprint density at radius 1 is 1.00 bits per heavy atom. The number of benzene rings is 1. The average molecular weight is 266 g/mol. The molecule has 1 aliphatic carbocycles. The third-order valence-electron chi connectivity index (χ3n) is 4.41. The number of nitrogens with zero attached hydrogens (tertiary/aromatic N) is 1. The minimum absolute atomic E-state index is 0.580. The van der Waals surface area contributed by atoms with Crippen LogP contribution in [0.3, 0.4) is 0 Å². The summed E-state index contributed by atoms with van der Waals surface area (Å²) in [5.74, 6) is 2.99. The first-order valence-electron chi connectivity index (χ1n) is 7.26. The molecule has 1 unspecified atom stereocenters. The Morgan fingerprint density at radius 2 is 1.80 bits per heavy atom. The Bertz CT molecular complexity index is 589. The SMILES string of the molecule is c1ccc(COc2cccc(C3[C@H]4CNC[C@@H]34)n2)cc1. The molecule has 102 valence electrons. The van der Waals surface area contributed by atoms with E-state index < -0.39 is 0 Å². The molecule has 2 heterocycles. The first-order valence-corrected chi connectivity index (χ1v) is 7.26. The monoisotopic (exact) mass is 266 g/mol. The van der Waals surface area contributed by atoms with Crippen LogP contribution in [-0.4, -0.2) is 18.1 Å². The van der Waals surface area contributed by atoms with Crippen molar-refractivity contribution in [1.82, 2.24) is 10.3 Å². The zero-order chi connectivity index (χ0) is 13.4. The number of fused-ring (bicyclic) bond motifs is 1. The lowest BCUT2D eigenvalue weighted by Crippen LogP contribution is -2.14. The van der Waals surface area contributed by atoms with Gasteiger partial charge in [0.05, 0.1) is 0 Å². The van der Waals surface area contributed by atoms with Crippen LogP contribution in [-0.2, 0) is 6.61 Å². The van der Waals surface area contributed by atoms with E-state index in [0.29, 0.717) is 12.5 Å². The summed E-state index contributed by atoms with van der Waals surface area (Å²) in [6, 6.07) is 16.4. The minimum atomic E-state index is 0.580. The van der Waals surface area contributed by atoms with Gasteiger partial charge in [-0.3, -0.25) is 0 Å². The van der Waals surface area contributed by atoms with E-state index in [-0.39, 0.29) is 0 Å².